The highest BCUT2D eigenvalue weighted by molar-refractivity contribution is 7.89. The Labute approximate surface area is 165 Å². The van der Waals surface area contributed by atoms with Gasteiger partial charge in [-0.15, -0.1) is 0 Å². The standard InChI is InChI=1S/C20H24N4O3S/c1-15-5-4-6-16(11-15)13-21-20(25)9-10-24-14-22-18-12-17(7-8-19(18)24)28(26,27)23(2)3/h4-8,11-12,14H,9-10,13H2,1-3H3,(H,21,25). The number of benzene rings is 2. The number of aromatic nitrogens is 2. The van der Waals surface area contributed by atoms with Gasteiger partial charge in [0, 0.05) is 33.6 Å². The van der Waals surface area contributed by atoms with Gasteiger partial charge in [0.25, 0.3) is 0 Å². The second-order valence-electron chi connectivity index (χ2n) is 6.89. The Morgan fingerprint density at radius 3 is 2.68 bits per heavy atom. The first-order valence-corrected chi connectivity index (χ1v) is 10.4. The first kappa shape index (κ1) is 20.0. The Balaban J connectivity index is 1.64. The fourth-order valence-corrected chi connectivity index (χ4v) is 3.85. The smallest absolute Gasteiger partial charge is 0.242 e. The molecule has 3 aromatic rings. The Morgan fingerprint density at radius 2 is 1.96 bits per heavy atom. The van der Waals surface area contributed by atoms with Gasteiger partial charge in [-0.05, 0) is 30.7 Å². The van der Waals surface area contributed by atoms with E-state index in [9.17, 15) is 13.2 Å². The van der Waals surface area contributed by atoms with E-state index in [0.29, 0.717) is 25.0 Å². The number of hydrogen-bond acceptors (Lipinski definition) is 4. The Bertz CT molecular complexity index is 1100. The second-order valence-corrected chi connectivity index (χ2v) is 9.04. The molecule has 0 unspecified atom stereocenters. The molecule has 0 atom stereocenters. The number of hydrogen-bond donors (Lipinski definition) is 1. The van der Waals surface area contributed by atoms with Gasteiger partial charge >= 0.3 is 0 Å². The van der Waals surface area contributed by atoms with Crippen molar-refractivity contribution in [3.05, 3.63) is 59.9 Å². The molecule has 0 spiro atoms. The molecule has 0 aliphatic carbocycles. The monoisotopic (exact) mass is 400 g/mol. The SMILES string of the molecule is Cc1cccc(CNC(=O)CCn2cnc3cc(S(=O)(=O)N(C)C)ccc32)c1. The van der Waals surface area contributed by atoms with E-state index in [4.69, 9.17) is 0 Å². The summed E-state index contributed by atoms with van der Waals surface area (Å²) in [5, 5.41) is 2.92. The van der Waals surface area contributed by atoms with Gasteiger partial charge in [0.05, 0.1) is 22.3 Å². The molecule has 2 aromatic carbocycles. The maximum atomic E-state index is 12.2. The van der Waals surface area contributed by atoms with Crippen LogP contribution in [0.1, 0.15) is 17.5 Å². The van der Waals surface area contributed by atoms with Crippen molar-refractivity contribution in [1.82, 2.24) is 19.2 Å². The first-order valence-electron chi connectivity index (χ1n) is 8.97. The van der Waals surface area contributed by atoms with Crippen molar-refractivity contribution >= 4 is 27.0 Å². The summed E-state index contributed by atoms with van der Waals surface area (Å²) in [7, 11) is -0.515. The van der Waals surface area contributed by atoms with Crippen molar-refractivity contribution in [3.8, 4) is 0 Å². The highest BCUT2D eigenvalue weighted by atomic mass is 32.2. The largest absolute Gasteiger partial charge is 0.352 e. The average molecular weight is 401 g/mol. The van der Waals surface area contributed by atoms with Gasteiger partial charge in [-0.1, -0.05) is 29.8 Å². The number of sulfonamides is 1. The predicted octanol–water partition coefficient (Wildman–Crippen LogP) is 2.30. The first-order chi connectivity index (χ1) is 13.3. The Kier molecular flexibility index (Phi) is 5.81. The second kappa shape index (κ2) is 8.12. The molecular weight excluding hydrogens is 376 g/mol. The summed E-state index contributed by atoms with van der Waals surface area (Å²) in [6, 6.07) is 12.9. The molecule has 0 aliphatic heterocycles. The summed E-state index contributed by atoms with van der Waals surface area (Å²) in [6.07, 6.45) is 1.94. The summed E-state index contributed by atoms with van der Waals surface area (Å²) < 4.78 is 27.5. The van der Waals surface area contributed by atoms with Crippen molar-refractivity contribution in [2.45, 2.75) is 31.3 Å². The summed E-state index contributed by atoms with van der Waals surface area (Å²) >= 11 is 0. The number of rotatable bonds is 7. The van der Waals surface area contributed by atoms with E-state index < -0.39 is 10.0 Å². The number of nitrogens with zero attached hydrogens (tertiary/aromatic N) is 3. The number of imidazole rings is 1. The van der Waals surface area contributed by atoms with Crippen LogP contribution in [-0.4, -0.2) is 42.3 Å². The summed E-state index contributed by atoms with van der Waals surface area (Å²) in [5.74, 6) is -0.0461. The maximum absolute atomic E-state index is 12.2. The molecule has 7 nitrogen and oxygen atoms in total. The van der Waals surface area contributed by atoms with Gasteiger partial charge in [0.2, 0.25) is 15.9 Å². The Morgan fingerprint density at radius 1 is 1.18 bits per heavy atom. The third-order valence-corrected chi connectivity index (χ3v) is 6.33. The molecule has 0 saturated heterocycles. The van der Waals surface area contributed by atoms with E-state index in [-0.39, 0.29) is 10.8 Å². The minimum atomic E-state index is -3.50. The van der Waals surface area contributed by atoms with Gasteiger partial charge < -0.3 is 9.88 Å². The number of aryl methyl sites for hydroxylation is 2. The van der Waals surface area contributed by atoms with E-state index in [1.165, 1.54) is 18.4 Å². The lowest BCUT2D eigenvalue weighted by Gasteiger charge is -2.11. The molecule has 1 amide bonds. The maximum Gasteiger partial charge on any atom is 0.242 e. The van der Waals surface area contributed by atoms with Crippen molar-refractivity contribution in [3.63, 3.8) is 0 Å². The van der Waals surface area contributed by atoms with Crippen molar-refractivity contribution < 1.29 is 13.2 Å². The van der Waals surface area contributed by atoms with Crippen LogP contribution in [0.15, 0.2) is 53.7 Å². The van der Waals surface area contributed by atoms with Crippen molar-refractivity contribution in [1.29, 1.82) is 0 Å². The summed E-state index contributed by atoms with van der Waals surface area (Å²) in [6.45, 7) is 2.98. The topological polar surface area (TPSA) is 84.3 Å². The Hall–Kier alpha value is -2.71. The van der Waals surface area contributed by atoms with E-state index in [1.807, 2.05) is 35.8 Å². The van der Waals surface area contributed by atoms with E-state index in [2.05, 4.69) is 10.3 Å². The highest BCUT2D eigenvalue weighted by Crippen LogP contribution is 2.20. The zero-order chi connectivity index (χ0) is 20.3. The summed E-state index contributed by atoms with van der Waals surface area (Å²) in [5.41, 5.74) is 3.61. The van der Waals surface area contributed by atoms with Crippen LogP contribution in [0, 0.1) is 6.92 Å². The van der Waals surface area contributed by atoms with Crippen LogP contribution >= 0.6 is 0 Å². The van der Waals surface area contributed by atoms with Crippen molar-refractivity contribution in [2.24, 2.45) is 0 Å². The van der Waals surface area contributed by atoms with Gasteiger partial charge in [0.15, 0.2) is 0 Å². The molecule has 1 heterocycles. The van der Waals surface area contributed by atoms with Crippen LogP contribution in [0.4, 0.5) is 0 Å². The molecular formula is C20H24N4O3S. The molecule has 0 saturated carbocycles. The molecule has 0 aliphatic rings. The lowest BCUT2D eigenvalue weighted by Crippen LogP contribution is -2.23. The van der Waals surface area contributed by atoms with Gasteiger partial charge in [0.1, 0.15) is 0 Å². The average Bonchev–Trinajstić information content (AvgIpc) is 3.07. The number of amides is 1. The van der Waals surface area contributed by atoms with Crippen LogP contribution in [0.5, 0.6) is 0 Å². The molecule has 0 bridgehead atoms. The van der Waals surface area contributed by atoms with E-state index in [1.54, 1.807) is 24.5 Å². The molecule has 3 rings (SSSR count). The molecule has 148 valence electrons. The number of carbonyl (C=O) groups excluding carboxylic acids is 1. The fourth-order valence-electron chi connectivity index (χ4n) is 2.93. The predicted molar refractivity (Wildman–Crippen MR) is 108 cm³/mol. The van der Waals surface area contributed by atoms with Crippen LogP contribution in [0.25, 0.3) is 11.0 Å². The van der Waals surface area contributed by atoms with Crippen LogP contribution in [-0.2, 0) is 27.9 Å². The third-order valence-electron chi connectivity index (χ3n) is 4.52. The molecule has 0 radical (unpaired) electrons. The third kappa shape index (κ3) is 4.40. The zero-order valence-electron chi connectivity index (χ0n) is 16.2. The van der Waals surface area contributed by atoms with Gasteiger partial charge in [-0.2, -0.15) is 0 Å². The van der Waals surface area contributed by atoms with Crippen LogP contribution in [0.2, 0.25) is 0 Å². The number of carbonyl (C=O) groups is 1. The lowest BCUT2D eigenvalue weighted by molar-refractivity contribution is -0.121. The fraction of sp³-hybridized carbons (Fsp3) is 0.300. The molecule has 8 heteroatoms. The van der Waals surface area contributed by atoms with Crippen LogP contribution in [0.3, 0.4) is 0 Å². The van der Waals surface area contributed by atoms with E-state index in [0.717, 1.165) is 16.6 Å². The van der Waals surface area contributed by atoms with Gasteiger partial charge in [-0.3, -0.25) is 4.79 Å². The quantitative estimate of drug-likeness (QED) is 0.660. The lowest BCUT2D eigenvalue weighted by atomic mass is 10.1. The minimum absolute atomic E-state index is 0.0461. The number of fused-ring (bicyclic) bond motifs is 1. The van der Waals surface area contributed by atoms with E-state index >= 15 is 0 Å². The molecule has 28 heavy (non-hydrogen) atoms. The van der Waals surface area contributed by atoms with Crippen molar-refractivity contribution in [2.75, 3.05) is 14.1 Å². The minimum Gasteiger partial charge on any atom is -0.352 e. The van der Waals surface area contributed by atoms with Gasteiger partial charge in [-0.25, -0.2) is 17.7 Å². The highest BCUT2D eigenvalue weighted by Gasteiger charge is 2.18. The molecule has 0 fully saturated rings. The number of nitrogens with one attached hydrogen (secondary N) is 1. The zero-order valence-corrected chi connectivity index (χ0v) is 17.0. The van der Waals surface area contributed by atoms with Crippen LogP contribution < -0.4 is 5.32 Å². The molecule has 1 aromatic heterocycles. The molecule has 1 N–H and O–H groups in total. The summed E-state index contributed by atoms with van der Waals surface area (Å²) in [4.78, 5) is 16.6. The normalized spacial score (nSPS) is 11.9.